The molecule has 4 aromatic rings. The number of carboxylic acid groups (broad SMARTS) is 1. The number of halogens is 1. The minimum absolute atomic E-state index is 0.0165. The van der Waals surface area contributed by atoms with Crippen molar-refractivity contribution in [1.29, 1.82) is 5.26 Å². The summed E-state index contributed by atoms with van der Waals surface area (Å²) in [6, 6.07) is 16.8. The van der Waals surface area contributed by atoms with Crippen molar-refractivity contribution >= 4 is 22.8 Å². The lowest BCUT2D eigenvalue weighted by molar-refractivity contribution is -0.0592. The maximum atomic E-state index is 14.2. The maximum Gasteiger partial charge on any atom is 0.335 e. The molecule has 210 valence electrons. The Labute approximate surface area is 236 Å². The lowest BCUT2D eigenvalue weighted by Crippen LogP contribution is -2.46. The molecule has 1 unspecified atom stereocenters. The van der Waals surface area contributed by atoms with E-state index in [9.17, 15) is 14.3 Å². The van der Waals surface area contributed by atoms with Crippen LogP contribution in [0.4, 0.5) is 10.2 Å². The second-order valence-electron chi connectivity index (χ2n) is 10.2. The summed E-state index contributed by atoms with van der Waals surface area (Å²) >= 11 is 0. The van der Waals surface area contributed by atoms with E-state index in [2.05, 4.69) is 19.4 Å². The third kappa shape index (κ3) is 5.84. The Bertz CT molecular complexity index is 1620. The first kappa shape index (κ1) is 26.7. The Hall–Kier alpha value is -4.53. The van der Waals surface area contributed by atoms with E-state index in [1.54, 1.807) is 36.4 Å². The number of aromatic nitrogens is 3. The number of ether oxygens (including phenoxy) is 2. The van der Waals surface area contributed by atoms with Gasteiger partial charge in [0.2, 0.25) is 5.88 Å². The highest BCUT2D eigenvalue weighted by atomic mass is 19.1. The Kier molecular flexibility index (Phi) is 7.50. The van der Waals surface area contributed by atoms with Crippen LogP contribution in [0, 0.1) is 17.1 Å². The molecule has 0 radical (unpaired) electrons. The Balaban J connectivity index is 1.10. The van der Waals surface area contributed by atoms with Gasteiger partial charge in [0.1, 0.15) is 24.1 Å². The number of fused-ring (bicyclic) bond motifs is 1. The van der Waals surface area contributed by atoms with Crippen molar-refractivity contribution in [3.05, 3.63) is 82.9 Å². The highest BCUT2D eigenvalue weighted by molar-refractivity contribution is 5.92. The number of imidazole rings is 1. The molecule has 2 saturated heterocycles. The largest absolute Gasteiger partial charge is 0.478 e. The van der Waals surface area contributed by atoms with E-state index in [4.69, 9.17) is 19.7 Å². The molecule has 2 aromatic heterocycles. The topological polar surface area (TPSA) is 117 Å². The quantitative estimate of drug-likeness (QED) is 0.328. The SMILES string of the molecule is N#Cc1ccc(COc2cccc(N3CCN(Cc4nc5ccc(C(=O)O)cc5n4CC4CCO4)CC3)n2)c(F)c1. The summed E-state index contributed by atoms with van der Waals surface area (Å²) in [5, 5.41) is 18.4. The first-order valence-electron chi connectivity index (χ1n) is 13.6. The summed E-state index contributed by atoms with van der Waals surface area (Å²) in [6.07, 6.45) is 1.10. The molecule has 0 spiro atoms. The number of aromatic carboxylic acids is 1. The van der Waals surface area contributed by atoms with Crippen molar-refractivity contribution in [3.8, 4) is 11.9 Å². The number of benzene rings is 2. The molecule has 10 nitrogen and oxygen atoms in total. The van der Waals surface area contributed by atoms with Crippen molar-refractivity contribution in [2.45, 2.75) is 32.2 Å². The second-order valence-corrected chi connectivity index (χ2v) is 10.2. The summed E-state index contributed by atoms with van der Waals surface area (Å²) in [5.74, 6) is 0.656. The first-order chi connectivity index (χ1) is 20.0. The van der Waals surface area contributed by atoms with Crippen LogP contribution in [0.5, 0.6) is 5.88 Å². The molecule has 6 rings (SSSR count). The molecule has 0 bridgehead atoms. The highest BCUT2D eigenvalue weighted by Crippen LogP contribution is 2.25. The maximum absolute atomic E-state index is 14.2. The third-order valence-corrected chi connectivity index (χ3v) is 7.58. The predicted octanol–water partition coefficient (Wildman–Crippen LogP) is 3.83. The van der Waals surface area contributed by atoms with Crippen molar-refractivity contribution in [3.63, 3.8) is 0 Å². The fourth-order valence-corrected chi connectivity index (χ4v) is 5.14. The minimum Gasteiger partial charge on any atom is -0.478 e. The number of piperazine rings is 1. The van der Waals surface area contributed by atoms with Gasteiger partial charge >= 0.3 is 5.97 Å². The molecule has 2 aliphatic heterocycles. The Morgan fingerprint density at radius 1 is 1.12 bits per heavy atom. The van der Waals surface area contributed by atoms with Crippen molar-refractivity contribution < 1.29 is 23.8 Å². The zero-order valence-corrected chi connectivity index (χ0v) is 22.4. The van der Waals surface area contributed by atoms with Gasteiger partial charge in [0.25, 0.3) is 0 Å². The average Bonchev–Trinajstić information content (AvgIpc) is 3.30. The predicted molar refractivity (Wildman–Crippen MR) is 148 cm³/mol. The molecule has 2 aliphatic rings. The molecule has 0 saturated carbocycles. The van der Waals surface area contributed by atoms with E-state index >= 15 is 0 Å². The van der Waals surface area contributed by atoms with Crippen LogP contribution in [0.3, 0.4) is 0 Å². The normalized spacial score (nSPS) is 17.3. The summed E-state index contributed by atoms with van der Waals surface area (Å²) in [6.45, 7) is 5.18. The van der Waals surface area contributed by atoms with Gasteiger partial charge < -0.3 is 24.0 Å². The van der Waals surface area contributed by atoms with Crippen LogP contribution < -0.4 is 9.64 Å². The molecule has 11 heteroatoms. The van der Waals surface area contributed by atoms with E-state index in [1.165, 1.54) is 6.07 Å². The second kappa shape index (κ2) is 11.5. The number of hydrogen-bond donors (Lipinski definition) is 1. The molecule has 1 N–H and O–H groups in total. The fraction of sp³-hybridized carbons (Fsp3) is 0.333. The first-order valence-corrected chi connectivity index (χ1v) is 13.6. The van der Waals surface area contributed by atoms with E-state index in [0.717, 1.165) is 61.9 Å². The standard InChI is InChI=1S/C30H29FN6O4/c31-24-14-20(16-32)4-5-22(24)19-41-29-3-1-2-27(34-29)36-11-9-35(10-12-36)18-28-33-25-7-6-21(30(38)39)15-26(25)37(28)17-23-8-13-40-23/h1-7,14-15,23H,8-13,17-19H2,(H,38,39). The molecule has 0 aliphatic carbocycles. The number of nitrogens with zero attached hydrogens (tertiary/aromatic N) is 6. The van der Waals surface area contributed by atoms with Gasteiger partial charge in [0.15, 0.2) is 0 Å². The smallest absolute Gasteiger partial charge is 0.335 e. The summed E-state index contributed by atoms with van der Waals surface area (Å²) in [7, 11) is 0. The summed E-state index contributed by atoms with van der Waals surface area (Å²) in [4.78, 5) is 25.6. The number of carboxylic acids is 1. The van der Waals surface area contributed by atoms with Crippen molar-refractivity contribution in [2.75, 3.05) is 37.7 Å². The molecular weight excluding hydrogens is 527 g/mol. The van der Waals surface area contributed by atoms with Gasteiger partial charge in [0.05, 0.1) is 47.4 Å². The van der Waals surface area contributed by atoms with Crippen molar-refractivity contribution in [1.82, 2.24) is 19.4 Å². The number of rotatable bonds is 9. The monoisotopic (exact) mass is 556 g/mol. The van der Waals surface area contributed by atoms with Gasteiger partial charge in [-0.2, -0.15) is 10.2 Å². The number of pyridine rings is 1. The number of hydrogen-bond acceptors (Lipinski definition) is 8. The third-order valence-electron chi connectivity index (χ3n) is 7.58. The van der Waals surface area contributed by atoms with Gasteiger partial charge in [-0.3, -0.25) is 4.90 Å². The van der Waals surface area contributed by atoms with Crippen LogP contribution in [0.2, 0.25) is 0 Å². The average molecular weight is 557 g/mol. The zero-order valence-electron chi connectivity index (χ0n) is 22.4. The van der Waals surface area contributed by atoms with Crippen LogP contribution >= 0.6 is 0 Å². The van der Waals surface area contributed by atoms with Gasteiger partial charge in [-0.25, -0.2) is 14.2 Å². The van der Waals surface area contributed by atoms with Crippen molar-refractivity contribution in [2.24, 2.45) is 0 Å². The molecular formula is C30H29FN6O4. The van der Waals surface area contributed by atoms with Gasteiger partial charge in [-0.15, -0.1) is 0 Å². The molecule has 4 heterocycles. The Morgan fingerprint density at radius 3 is 2.66 bits per heavy atom. The molecule has 41 heavy (non-hydrogen) atoms. The van der Waals surface area contributed by atoms with E-state index < -0.39 is 11.8 Å². The van der Waals surface area contributed by atoms with Gasteiger partial charge in [-0.05, 0) is 42.8 Å². The van der Waals surface area contributed by atoms with Crippen LogP contribution in [-0.4, -0.2) is 69.4 Å². The van der Waals surface area contributed by atoms with Gasteiger partial charge in [0, 0.05) is 44.4 Å². The Morgan fingerprint density at radius 2 is 1.95 bits per heavy atom. The summed E-state index contributed by atoms with van der Waals surface area (Å²) in [5.41, 5.74) is 2.47. The molecule has 2 fully saturated rings. The molecule has 0 amide bonds. The van der Waals surface area contributed by atoms with Crippen LogP contribution in [0.15, 0.2) is 54.6 Å². The minimum atomic E-state index is -0.957. The lowest BCUT2D eigenvalue weighted by Gasteiger charge is -2.35. The molecule has 2 aromatic carbocycles. The fourth-order valence-electron chi connectivity index (χ4n) is 5.14. The van der Waals surface area contributed by atoms with Crippen LogP contribution in [-0.2, 0) is 24.4 Å². The van der Waals surface area contributed by atoms with E-state index in [1.807, 2.05) is 18.2 Å². The highest BCUT2D eigenvalue weighted by Gasteiger charge is 2.25. The number of nitriles is 1. The number of carbonyl (C=O) groups is 1. The summed E-state index contributed by atoms with van der Waals surface area (Å²) < 4.78 is 27.8. The molecule has 1 atom stereocenters. The van der Waals surface area contributed by atoms with Crippen LogP contribution in [0.25, 0.3) is 11.0 Å². The number of anilines is 1. The van der Waals surface area contributed by atoms with E-state index in [-0.39, 0.29) is 23.8 Å². The zero-order chi connectivity index (χ0) is 28.3. The lowest BCUT2D eigenvalue weighted by atomic mass is 10.1. The van der Waals surface area contributed by atoms with Gasteiger partial charge in [-0.1, -0.05) is 12.1 Å². The van der Waals surface area contributed by atoms with E-state index in [0.29, 0.717) is 24.5 Å². The van der Waals surface area contributed by atoms with Crippen LogP contribution in [0.1, 0.15) is 33.7 Å².